The van der Waals surface area contributed by atoms with E-state index in [9.17, 15) is 0 Å². The Morgan fingerprint density at radius 1 is 1.42 bits per heavy atom. The highest BCUT2D eigenvalue weighted by atomic mass is 32.1. The number of rotatable bonds is 7. The SMILES string of the molecule is CCNC(=NCCc1sc(C)nc1C)N(C)CC1CCCN1CC. The lowest BCUT2D eigenvalue weighted by atomic mass is 10.2. The number of thiazole rings is 1. The number of guanidine groups is 1. The molecule has 0 spiro atoms. The second-order valence-corrected chi connectivity index (χ2v) is 7.82. The average Bonchev–Trinajstić information content (AvgIpc) is 3.12. The van der Waals surface area contributed by atoms with Gasteiger partial charge in [0, 0.05) is 44.0 Å². The van der Waals surface area contributed by atoms with Gasteiger partial charge in [0.15, 0.2) is 5.96 Å². The molecule has 0 saturated carbocycles. The van der Waals surface area contributed by atoms with Gasteiger partial charge in [-0.05, 0) is 46.7 Å². The van der Waals surface area contributed by atoms with Gasteiger partial charge in [0.25, 0.3) is 0 Å². The second kappa shape index (κ2) is 9.37. The second-order valence-electron chi connectivity index (χ2n) is 6.53. The van der Waals surface area contributed by atoms with Gasteiger partial charge in [-0.2, -0.15) is 0 Å². The van der Waals surface area contributed by atoms with Crippen molar-refractivity contribution in [3.8, 4) is 0 Å². The fraction of sp³-hybridized carbons (Fsp3) is 0.778. The summed E-state index contributed by atoms with van der Waals surface area (Å²) in [6.45, 7) is 13.7. The van der Waals surface area contributed by atoms with Gasteiger partial charge in [0.1, 0.15) is 0 Å². The molecule has 1 aliphatic rings. The summed E-state index contributed by atoms with van der Waals surface area (Å²) in [6.07, 6.45) is 3.60. The number of hydrogen-bond acceptors (Lipinski definition) is 4. The third-order valence-electron chi connectivity index (χ3n) is 4.69. The summed E-state index contributed by atoms with van der Waals surface area (Å²) in [7, 11) is 2.16. The Labute approximate surface area is 151 Å². The minimum atomic E-state index is 0.662. The van der Waals surface area contributed by atoms with E-state index in [4.69, 9.17) is 4.99 Å². The molecule has 1 aliphatic heterocycles. The Morgan fingerprint density at radius 2 is 2.21 bits per heavy atom. The molecule has 1 unspecified atom stereocenters. The van der Waals surface area contributed by atoms with E-state index in [2.05, 4.69) is 54.8 Å². The van der Waals surface area contributed by atoms with Gasteiger partial charge in [-0.25, -0.2) is 4.98 Å². The molecule has 0 aromatic carbocycles. The van der Waals surface area contributed by atoms with Crippen molar-refractivity contribution >= 4 is 17.3 Å². The van der Waals surface area contributed by atoms with Crippen LogP contribution >= 0.6 is 11.3 Å². The summed E-state index contributed by atoms with van der Waals surface area (Å²) in [5.41, 5.74) is 1.16. The zero-order valence-electron chi connectivity index (χ0n) is 15.9. The predicted molar refractivity (Wildman–Crippen MR) is 104 cm³/mol. The first-order valence-corrected chi connectivity index (χ1v) is 10.0. The van der Waals surface area contributed by atoms with Crippen molar-refractivity contribution in [1.29, 1.82) is 0 Å². The Bertz CT molecular complexity index is 540. The van der Waals surface area contributed by atoms with E-state index in [1.54, 1.807) is 11.3 Å². The molecule has 0 amide bonds. The van der Waals surface area contributed by atoms with Crippen LogP contribution < -0.4 is 5.32 Å². The molecule has 2 rings (SSSR count). The summed E-state index contributed by atoms with van der Waals surface area (Å²) < 4.78 is 0. The molecule has 0 bridgehead atoms. The first kappa shape index (κ1) is 19.2. The van der Waals surface area contributed by atoms with Crippen LogP contribution in [0, 0.1) is 13.8 Å². The van der Waals surface area contributed by atoms with Crippen molar-refractivity contribution in [2.24, 2.45) is 4.99 Å². The smallest absolute Gasteiger partial charge is 0.193 e. The Kier molecular flexibility index (Phi) is 7.49. The molecule has 1 saturated heterocycles. The van der Waals surface area contributed by atoms with E-state index in [0.717, 1.165) is 49.3 Å². The number of hydrogen-bond donors (Lipinski definition) is 1. The predicted octanol–water partition coefficient (Wildman–Crippen LogP) is 2.68. The molecule has 1 aromatic heterocycles. The molecule has 1 N–H and O–H groups in total. The van der Waals surface area contributed by atoms with Gasteiger partial charge < -0.3 is 10.2 Å². The summed E-state index contributed by atoms with van der Waals surface area (Å²) in [4.78, 5) is 15.6. The van der Waals surface area contributed by atoms with Crippen molar-refractivity contribution in [3.05, 3.63) is 15.6 Å². The van der Waals surface area contributed by atoms with Crippen LogP contribution in [0.4, 0.5) is 0 Å². The Morgan fingerprint density at radius 3 is 2.83 bits per heavy atom. The summed E-state index contributed by atoms with van der Waals surface area (Å²) in [5, 5.41) is 4.59. The fourth-order valence-corrected chi connectivity index (χ4v) is 4.39. The van der Waals surface area contributed by atoms with Crippen LogP contribution in [0.5, 0.6) is 0 Å². The van der Waals surface area contributed by atoms with E-state index < -0.39 is 0 Å². The zero-order chi connectivity index (χ0) is 17.5. The molecular formula is C18H33N5S. The number of aliphatic imine (C=N–C) groups is 1. The van der Waals surface area contributed by atoms with E-state index in [-0.39, 0.29) is 0 Å². The van der Waals surface area contributed by atoms with Crippen molar-refractivity contribution in [2.45, 2.75) is 53.0 Å². The van der Waals surface area contributed by atoms with Gasteiger partial charge in [0.2, 0.25) is 0 Å². The quantitative estimate of drug-likeness (QED) is 0.606. The standard InChI is InChI=1S/C18H33N5S/c1-6-19-18(20-11-10-17-14(3)21-15(4)24-17)22(5)13-16-9-8-12-23(16)7-2/h16H,6-13H2,1-5H3,(H,19,20). The number of nitrogens with zero attached hydrogens (tertiary/aromatic N) is 4. The third kappa shape index (κ3) is 5.18. The lowest BCUT2D eigenvalue weighted by molar-refractivity contribution is 0.232. The van der Waals surface area contributed by atoms with Crippen molar-refractivity contribution in [1.82, 2.24) is 20.1 Å². The van der Waals surface area contributed by atoms with Crippen LogP contribution in [-0.4, -0.2) is 66.6 Å². The molecule has 136 valence electrons. The van der Waals surface area contributed by atoms with Crippen LogP contribution in [0.15, 0.2) is 4.99 Å². The van der Waals surface area contributed by atoms with Crippen molar-refractivity contribution in [3.63, 3.8) is 0 Å². The molecule has 24 heavy (non-hydrogen) atoms. The van der Waals surface area contributed by atoms with Crippen LogP contribution in [0.25, 0.3) is 0 Å². The molecule has 6 heteroatoms. The van der Waals surface area contributed by atoms with Crippen molar-refractivity contribution < 1.29 is 0 Å². The van der Waals surface area contributed by atoms with E-state index in [1.807, 2.05) is 0 Å². The molecule has 1 aromatic rings. The number of likely N-dealkylation sites (tertiary alicyclic amines) is 1. The highest BCUT2D eigenvalue weighted by molar-refractivity contribution is 7.11. The normalized spacial score (nSPS) is 19.0. The zero-order valence-corrected chi connectivity index (χ0v) is 16.7. The topological polar surface area (TPSA) is 43.8 Å². The van der Waals surface area contributed by atoms with Gasteiger partial charge in [-0.15, -0.1) is 11.3 Å². The number of aryl methyl sites for hydroxylation is 2. The summed E-state index contributed by atoms with van der Waals surface area (Å²) in [5.74, 6) is 1.03. The lowest BCUT2D eigenvalue weighted by Crippen LogP contribution is -2.46. The largest absolute Gasteiger partial charge is 0.357 e. The summed E-state index contributed by atoms with van der Waals surface area (Å²) in [6, 6.07) is 0.662. The van der Waals surface area contributed by atoms with Gasteiger partial charge in [-0.1, -0.05) is 6.92 Å². The van der Waals surface area contributed by atoms with Crippen LogP contribution in [-0.2, 0) is 6.42 Å². The highest BCUT2D eigenvalue weighted by Crippen LogP contribution is 2.18. The summed E-state index contributed by atoms with van der Waals surface area (Å²) >= 11 is 1.80. The molecule has 0 radical (unpaired) electrons. The molecule has 0 aliphatic carbocycles. The van der Waals surface area contributed by atoms with Crippen LogP contribution in [0.1, 0.15) is 42.3 Å². The van der Waals surface area contributed by atoms with E-state index >= 15 is 0 Å². The maximum atomic E-state index is 4.84. The monoisotopic (exact) mass is 351 g/mol. The first-order chi connectivity index (χ1) is 11.5. The van der Waals surface area contributed by atoms with Crippen LogP contribution in [0.3, 0.4) is 0 Å². The highest BCUT2D eigenvalue weighted by Gasteiger charge is 2.24. The number of likely N-dealkylation sites (N-methyl/N-ethyl adjacent to an activating group) is 2. The van der Waals surface area contributed by atoms with E-state index in [0.29, 0.717) is 6.04 Å². The Balaban J connectivity index is 1.92. The van der Waals surface area contributed by atoms with E-state index in [1.165, 1.54) is 24.3 Å². The maximum Gasteiger partial charge on any atom is 0.193 e. The molecule has 5 nitrogen and oxygen atoms in total. The molecular weight excluding hydrogens is 318 g/mol. The first-order valence-electron chi connectivity index (χ1n) is 9.21. The lowest BCUT2D eigenvalue weighted by Gasteiger charge is -2.29. The maximum absolute atomic E-state index is 4.84. The van der Waals surface area contributed by atoms with Gasteiger partial charge >= 0.3 is 0 Å². The van der Waals surface area contributed by atoms with Gasteiger partial charge in [0.05, 0.1) is 10.7 Å². The van der Waals surface area contributed by atoms with Gasteiger partial charge in [-0.3, -0.25) is 9.89 Å². The minimum Gasteiger partial charge on any atom is -0.357 e. The molecule has 1 fully saturated rings. The third-order valence-corrected chi connectivity index (χ3v) is 5.82. The minimum absolute atomic E-state index is 0.662. The average molecular weight is 352 g/mol. The Hall–Kier alpha value is -1.14. The van der Waals surface area contributed by atoms with Crippen LogP contribution in [0.2, 0.25) is 0 Å². The number of nitrogens with one attached hydrogen (secondary N) is 1. The molecule has 2 heterocycles. The molecule has 1 atom stereocenters. The fourth-order valence-electron chi connectivity index (χ4n) is 3.46. The number of aromatic nitrogens is 1. The van der Waals surface area contributed by atoms with Crippen molar-refractivity contribution in [2.75, 3.05) is 39.8 Å².